The van der Waals surface area contributed by atoms with E-state index in [1.165, 1.54) is 36.4 Å². The summed E-state index contributed by atoms with van der Waals surface area (Å²) in [5.41, 5.74) is 1.26. The van der Waals surface area contributed by atoms with E-state index in [-0.39, 0.29) is 23.5 Å². The highest BCUT2D eigenvalue weighted by Crippen LogP contribution is 2.46. The van der Waals surface area contributed by atoms with Gasteiger partial charge in [0.2, 0.25) is 16.0 Å². The molecule has 7 aromatic rings. The molecule has 0 amide bonds. The maximum Gasteiger partial charge on any atom is 0.288 e. The second-order valence-electron chi connectivity index (χ2n) is 14.7. The second-order valence-corrected chi connectivity index (χ2v) is 18.3. The van der Waals surface area contributed by atoms with Crippen LogP contribution < -0.4 is 31.9 Å². The number of hydrogen-bond acceptors (Lipinski definition) is 14. The molecule has 16 nitrogen and oxygen atoms in total. The van der Waals surface area contributed by atoms with Crippen LogP contribution in [0.15, 0.2) is 182 Å². The third-order valence-corrected chi connectivity index (χ3v) is 13.9. The van der Waals surface area contributed by atoms with E-state index in [1.807, 2.05) is 121 Å². The Morgan fingerprint density at radius 3 is 1.25 bits per heavy atom. The van der Waals surface area contributed by atoms with E-state index >= 15 is 0 Å². The first-order chi connectivity index (χ1) is 30.8. The van der Waals surface area contributed by atoms with Crippen LogP contribution >= 0.6 is 0 Å². The SMILES string of the molecule is O=S(=O)(O)C1(S(=O)(=O)O)CC(Nc2cc(Nc3ccccc3)nc(Nc3ccccc3)n2)(Nc2cc(Nc3ccccc3)nc(Nc3ccccc3)n2)C=CC1C=Cc1ccccc1. The van der Waals surface area contributed by atoms with E-state index in [1.54, 1.807) is 30.3 Å². The van der Waals surface area contributed by atoms with Crippen molar-refractivity contribution in [2.45, 2.75) is 16.2 Å². The molecule has 0 spiro atoms. The zero-order valence-electron chi connectivity index (χ0n) is 33.8. The summed E-state index contributed by atoms with van der Waals surface area (Å²) in [6.07, 6.45) is 4.58. The minimum Gasteiger partial charge on any atom is -0.344 e. The predicted octanol–water partition coefficient (Wildman–Crippen LogP) is 9.22. The molecule has 64 heavy (non-hydrogen) atoms. The van der Waals surface area contributed by atoms with Gasteiger partial charge in [0.05, 0.1) is 0 Å². The van der Waals surface area contributed by atoms with Crippen LogP contribution in [-0.2, 0) is 20.2 Å². The van der Waals surface area contributed by atoms with Gasteiger partial charge in [-0.3, -0.25) is 9.11 Å². The van der Waals surface area contributed by atoms with E-state index in [4.69, 9.17) is 9.97 Å². The number of hydrogen-bond donors (Lipinski definition) is 8. The van der Waals surface area contributed by atoms with Gasteiger partial charge < -0.3 is 31.9 Å². The fourth-order valence-electron chi connectivity index (χ4n) is 7.19. The number of anilines is 10. The normalized spacial score (nSPS) is 15.5. The maximum atomic E-state index is 13.8. The number of aromatic nitrogens is 4. The van der Waals surface area contributed by atoms with Gasteiger partial charge in [-0.2, -0.15) is 36.8 Å². The van der Waals surface area contributed by atoms with Crippen molar-refractivity contribution in [3.05, 3.63) is 188 Å². The van der Waals surface area contributed by atoms with Crippen molar-refractivity contribution in [1.29, 1.82) is 0 Å². The molecule has 8 rings (SSSR count). The summed E-state index contributed by atoms with van der Waals surface area (Å²) in [6, 6.07) is 48.5. The smallest absolute Gasteiger partial charge is 0.288 e. The largest absolute Gasteiger partial charge is 0.344 e. The molecule has 1 aliphatic carbocycles. The zero-order chi connectivity index (χ0) is 44.6. The third kappa shape index (κ3) is 10.2. The Labute approximate surface area is 370 Å². The molecule has 8 N–H and O–H groups in total. The van der Waals surface area contributed by atoms with Crippen LogP contribution in [0.4, 0.5) is 57.9 Å². The van der Waals surface area contributed by atoms with Crippen molar-refractivity contribution >= 4 is 84.2 Å². The summed E-state index contributed by atoms with van der Waals surface area (Å²) in [5.74, 6) is -0.696. The predicted molar refractivity (Wildman–Crippen MR) is 251 cm³/mol. The third-order valence-electron chi connectivity index (χ3n) is 10.1. The van der Waals surface area contributed by atoms with E-state index in [2.05, 4.69) is 41.9 Å². The number of nitrogens with one attached hydrogen (secondary N) is 6. The highest BCUT2D eigenvalue weighted by atomic mass is 32.3. The van der Waals surface area contributed by atoms with Gasteiger partial charge in [-0.15, -0.1) is 0 Å². The molecule has 1 unspecified atom stereocenters. The molecule has 0 radical (unpaired) electrons. The van der Waals surface area contributed by atoms with E-state index in [0.29, 0.717) is 39.9 Å². The van der Waals surface area contributed by atoms with Crippen LogP contribution in [-0.4, -0.2) is 55.6 Å². The maximum absolute atomic E-state index is 13.8. The minimum atomic E-state index is -5.69. The van der Waals surface area contributed by atoms with Crippen molar-refractivity contribution in [2.24, 2.45) is 5.92 Å². The van der Waals surface area contributed by atoms with Crippen LogP contribution in [0.5, 0.6) is 0 Å². The van der Waals surface area contributed by atoms with Gasteiger partial charge in [0.25, 0.3) is 20.2 Å². The van der Waals surface area contributed by atoms with E-state index in [0.717, 1.165) is 0 Å². The number of rotatable bonds is 16. The Kier molecular flexibility index (Phi) is 12.4. The van der Waals surface area contributed by atoms with Gasteiger partial charge in [0, 0.05) is 47.2 Å². The zero-order valence-corrected chi connectivity index (χ0v) is 35.4. The van der Waals surface area contributed by atoms with Crippen molar-refractivity contribution < 1.29 is 25.9 Å². The highest BCUT2D eigenvalue weighted by molar-refractivity contribution is 8.05. The molecule has 1 atom stereocenters. The molecule has 0 bridgehead atoms. The van der Waals surface area contributed by atoms with Crippen molar-refractivity contribution in [3.63, 3.8) is 0 Å². The summed E-state index contributed by atoms with van der Waals surface area (Å²) in [5, 5.41) is 19.3. The number of nitrogens with zero attached hydrogens (tertiary/aromatic N) is 4. The lowest BCUT2D eigenvalue weighted by atomic mass is 9.86. The van der Waals surface area contributed by atoms with Crippen molar-refractivity contribution in [2.75, 3.05) is 31.9 Å². The summed E-state index contributed by atoms with van der Waals surface area (Å²) < 4.78 is 74.1. The first-order valence-electron chi connectivity index (χ1n) is 19.8. The summed E-state index contributed by atoms with van der Waals surface area (Å²) in [6.45, 7) is 0. The number of benzene rings is 5. The van der Waals surface area contributed by atoms with Crippen LogP contribution in [0.1, 0.15) is 12.0 Å². The topological polar surface area (TPSA) is 232 Å². The Morgan fingerprint density at radius 1 is 0.500 bits per heavy atom. The summed E-state index contributed by atoms with van der Waals surface area (Å²) in [7, 11) is -11.4. The van der Waals surface area contributed by atoms with Gasteiger partial charge >= 0.3 is 0 Å². The fourth-order valence-corrected chi connectivity index (χ4v) is 10.1. The monoisotopic (exact) mass is 894 g/mol. The van der Waals surface area contributed by atoms with Gasteiger partial charge in [0.15, 0.2) is 0 Å². The quantitative estimate of drug-likeness (QED) is 0.0257. The average Bonchev–Trinajstić information content (AvgIpc) is 3.27. The number of allylic oxidation sites excluding steroid dienone is 2. The first-order valence-corrected chi connectivity index (χ1v) is 22.7. The van der Waals surface area contributed by atoms with Crippen LogP contribution in [0.25, 0.3) is 6.08 Å². The minimum absolute atomic E-state index is 0.0567. The molecule has 324 valence electrons. The molecule has 0 saturated carbocycles. The molecule has 0 fully saturated rings. The molecule has 5 aromatic carbocycles. The average molecular weight is 895 g/mol. The van der Waals surface area contributed by atoms with E-state index in [9.17, 15) is 25.9 Å². The van der Waals surface area contributed by atoms with Crippen LogP contribution in [0, 0.1) is 5.92 Å². The molecular weight excluding hydrogens is 853 g/mol. The molecule has 2 aromatic heterocycles. The van der Waals surface area contributed by atoms with Gasteiger partial charge in [-0.25, -0.2) is 0 Å². The Bertz CT molecular complexity index is 2710. The van der Waals surface area contributed by atoms with Crippen molar-refractivity contribution in [3.8, 4) is 0 Å². The lowest BCUT2D eigenvalue weighted by molar-refractivity contribution is 0.361. The lowest BCUT2D eigenvalue weighted by Crippen LogP contribution is -2.62. The Morgan fingerprint density at radius 2 is 0.859 bits per heavy atom. The number of para-hydroxylation sites is 4. The Balaban J connectivity index is 1.30. The lowest BCUT2D eigenvalue weighted by Gasteiger charge is -2.45. The molecule has 2 heterocycles. The molecular formula is C46H42N10O6S2. The molecule has 0 saturated heterocycles. The van der Waals surface area contributed by atoms with Crippen LogP contribution in [0.2, 0.25) is 0 Å². The highest BCUT2D eigenvalue weighted by Gasteiger charge is 2.64. The van der Waals surface area contributed by atoms with Gasteiger partial charge in [0.1, 0.15) is 28.9 Å². The second kappa shape index (κ2) is 18.4. The summed E-state index contributed by atoms with van der Waals surface area (Å²) in [4.78, 5) is 18.8. The standard InChI is InChI=1S/C46H42N10O6S2/c57-63(58,59)46(64(60,61)62)32-45(29-28-34(46)27-26-33-16-6-1-7-17-33,55-41-30-39(47-35-18-8-2-9-19-35)51-43(53-41)49-37-22-12-4-13-23-37)56-42-31-40(48-36-20-10-3-11-21-36)52-44(54-42)50-38-24-14-5-15-25-38/h1-31,34H,32H2,(H,57,58,59)(H,60,61,62)(H3,47,49,51,53,55)(H3,48,50,52,54,56). The van der Waals surface area contributed by atoms with Gasteiger partial charge in [-0.05, 0) is 60.2 Å². The molecule has 1 aliphatic rings. The van der Waals surface area contributed by atoms with Gasteiger partial charge in [-0.1, -0.05) is 121 Å². The van der Waals surface area contributed by atoms with Crippen LogP contribution in [0.3, 0.4) is 0 Å². The van der Waals surface area contributed by atoms with Crippen molar-refractivity contribution in [1.82, 2.24) is 19.9 Å². The Hall–Kier alpha value is -7.64. The molecule has 18 heteroatoms. The summed E-state index contributed by atoms with van der Waals surface area (Å²) >= 11 is 0. The van der Waals surface area contributed by atoms with E-state index < -0.39 is 42.3 Å². The first kappa shape index (κ1) is 43.0. The molecule has 0 aliphatic heterocycles. The fraction of sp³-hybridized carbons (Fsp3) is 0.0870.